The summed E-state index contributed by atoms with van der Waals surface area (Å²) in [7, 11) is -3.44. The molecule has 1 heterocycles. The van der Waals surface area contributed by atoms with Crippen LogP contribution in [-0.4, -0.2) is 26.6 Å². The number of nitrogens with zero attached hydrogens (tertiary/aromatic N) is 1. The largest absolute Gasteiger partial charge is 0.319 e. The van der Waals surface area contributed by atoms with Gasteiger partial charge in [0, 0.05) is 6.54 Å². The zero-order chi connectivity index (χ0) is 19.8. The third-order valence-corrected chi connectivity index (χ3v) is 6.30. The van der Waals surface area contributed by atoms with Gasteiger partial charge in [0.1, 0.15) is 0 Å². The number of nitrogens with one attached hydrogen (secondary N) is 1. The molecule has 0 unspecified atom stereocenters. The Morgan fingerprint density at radius 3 is 2.48 bits per heavy atom. The zero-order valence-electron chi connectivity index (χ0n) is 13.8. The third-order valence-electron chi connectivity index (χ3n) is 4.12. The van der Waals surface area contributed by atoms with E-state index >= 15 is 0 Å². The van der Waals surface area contributed by atoms with E-state index in [1.54, 1.807) is 0 Å². The first-order chi connectivity index (χ1) is 12.7. The quantitative estimate of drug-likeness (QED) is 0.768. The molecule has 0 aliphatic carbocycles. The second-order valence-corrected chi connectivity index (χ2v) is 8.36. The zero-order valence-corrected chi connectivity index (χ0v) is 15.4. The van der Waals surface area contributed by atoms with Crippen LogP contribution in [0.5, 0.6) is 0 Å². The summed E-state index contributed by atoms with van der Waals surface area (Å²) in [6.07, 6.45) is 1.28. The van der Waals surface area contributed by atoms with Crippen LogP contribution >= 0.6 is 11.6 Å². The molecule has 1 amide bonds. The number of amides is 1. The Labute approximate surface area is 158 Å². The minimum absolute atomic E-state index is 0.0300. The summed E-state index contributed by atoms with van der Waals surface area (Å²) in [4.78, 5) is 12.3. The van der Waals surface area contributed by atoms with Crippen LogP contribution in [0.25, 0.3) is 0 Å². The molecule has 1 saturated heterocycles. The fourth-order valence-electron chi connectivity index (χ4n) is 2.73. The summed E-state index contributed by atoms with van der Waals surface area (Å²) in [6, 6.07) is 5.58. The van der Waals surface area contributed by atoms with Crippen molar-refractivity contribution in [2.75, 3.05) is 21.9 Å². The van der Waals surface area contributed by atoms with E-state index in [1.807, 2.05) is 0 Å². The summed E-state index contributed by atoms with van der Waals surface area (Å²) in [5.41, 5.74) is -0.299. The molecule has 10 heteroatoms. The van der Waals surface area contributed by atoms with Crippen LogP contribution in [0.15, 0.2) is 30.3 Å². The molecule has 27 heavy (non-hydrogen) atoms. The molecule has 1 N–H and O–H groups in total. The molecule has 0 aromatic heterocycles. The Morgan fingerprint density at radius 1 is 1.07 bits per heavy atom. The van der Waals surface area contributed by atoms with Gasteiger partial charge in [-0.3, -0.25) is 9.10 Å². The predicted molar refractivity (Wildman–Crippen MR) is 96.1 cm³/mol. The van der Waals surface area contributed by atoms with E-state index in [2.05, 4.69) is 5.32 Å². The number of hydrogen-bond acceptors (Lipinski definition) is 3. The van der Waals surface area contributed by atoms with Crippen molar-refractivity contribution >= 4 is 38.9 Å². The highest BCUT2D eigenvalue weighted by Gasteiger charge is 2.27. The molecule has 0 saturated carbocycles. The highest BCUT2D eigenvalue weighted by molar-refractivity contribution is 7.92. The van der Waals surface area contributed by atoms with Gasteiger partial charge in [-0.05, 0) is 43.2 Å². The van der Waals surface area contributed by atoms with Gasteiger partial charge in [-0.15, -0.1) is 0 Å². The highest BCUT2D eigenvalue weighted by Crippen LogP contribution is 2.29. The van der Waals surface area contributed by atoms with Crippen LogP contribution in [0.1, 0.15) is 23.2 Å². The second-order valence-electron chi connectivity index (χ2n) is 5.94. The lowest BCUT2D eigenvalue weighted by Gasteiger charge is -2.28. The molecule has 0 radical (unpaired) electrons. The van der Waals surface area contributed by atoms with Crippen molar-refractivity contribution in [3.63, 3.8) is 0 Å². The van der Waals surface area contributed by atoms with E-state index in [4.69, 9.17) is 11.6 Å². The van der Waals surface area contributed by atoms with E-state index in [0.29, 0.717) is 31.1 Å². The Balaban J connectivity index is 1.86. The van der Waals surface area contributed by atoms with Crippen molar-refractivity contribution in [1.29, 1.82) is 0 Å². The predicted octanol–water partition coefficient (Wildman–Crippen LogP) is 3.94. The maximum Gasteiger partial charge on any atom is 0.257 e. The van der Waals surface area contributed by atoms with E-state index < -0.39 is 39.1 Å². The molecule has 144 valence electrons. The van der Waals surface area contributed by atoms with E-state index in [-0.39, 0.29) is 16.3 Å². The number of carbonyl (C=O) groups excluding carboxylic acids is 1. The van der Waals surface area contributed by atoms with Gasteiger partial charge in [0.05, 0.1) is 27.7 Å². The Hall–Kier alpha value is -2.26. The number of benzene rings is 2. The number of hydrogen-bond donors (Lipinski definition) is 1. The molecule has 0 atom stereocenters. The number of halogens is 4. The van der Waals surface area contributed by atoms with Crippen molar-refractivity contribution in [2.45, 2.75) is 12.8 Å². The maximum atomic E-state index is 13.7. The maximum absolute atomic E-state index is 13.7. The lowest BCUT2D eigenvalue weighted by molar-refractivity contribution is 0.102. The Kier molecular flexibility index (Phi) is 5.34. The molecule has 1 fully saturated rings. The van der Waals surface area contributed by atoms with Gasteiger partial charge in [-0.2, -0.15) is 0 Å². The molecule has 3 rings (SSSR count). The van der Waals surface area contributed by atoms with Gasteiger partial charge in [-0.1, -0.05) is 11.6 Å². The average molecular weight is 419 g/mol. The lowest BCUT2D eigenvalue weighted by Crippen LogP contribution is -2.37. The first-order valence-electron chi connectivity index (χ1n) is 7.95. The number of sulfonamides is 1. The standard InChI is InChI=1S/C17H14ClF3N2O3S/c18-12-9-10(23-7-1-2-8-27(23,25)26)3-4-11(12)17(24)22-14-6-5-13(19)15(20)16(14)21/h3-6,9H,1-2,7-8H2,(H,22,24). The molecule has 0 bridgehead atoms. The molecule has 5 nitrogen and oxygen atoms in total. The van der Waals surface area contributed by atoms with Crippen LogP contribution < -0.4 is 9.62 Å². The van der Waals surface area contributed by atoms with Crippen molar-refractivity contribution in [3.8, 4) is 0 Å². The minimum Gasteiger partial charge on any atom is -0.319 e. The Bertz CT molecular complexity index is 1010. The van der Waals surface area contributed by atoms with Crippen LogP contribution in [-0.2, 0) is 10.0 Å². The average Bonchev–Trinajstić information content (AvgIpc) is 2.61. The fourth-order valence-corrected chi connectivity index (χ4v) is 4.63. The molecule has 2 aromatic carbocycles. The minimum atomic E-state index is -3.44. The number of carbonyl (C=O) groups is 1. The SMILES string of the molecule is O=C(Nc1ccc(F)c(F)c1F)c1ccc(N2CCCCS2(=O)=O)cc1Cl. The molecule has 2 aromatic rings. The Morgan fingerprint density at radius 2 is 1.81 bits per heavy atom. The monoisotopic (exact) mass is 418 g/mol. The van der Waals surface area contributed by atoms with Gasteiger partial charge in [0.15, 0.2) is 17.5 Å². The van der Waals surface area contributed by atoms with E-state index in [1.165, 1.54) is 22.5 Å². The topological polar surface area (TPSA) is 66.5 Å². The number of rotatable bonds is 3. The fraction of sp³-hybridized carbons (Fsp3) is 0.235. The van der Waals surface area contributed by atoms with Gasteiger partial charge in [0.2, 0.25) is 10.0 Å². The van der Waals surface area contributed by atoms with Crippen LogP contribution in [0.3, 0.4) is 0 Å². The highest BCUT2D eigenvalue weighted by atomic mass is 35.5. The molecule has 1 aliphatic heterocycles. The summed E-state index contributed by atoms with van der Waals surface area (Å²) in [5, 5.41) is 2.05. The van der Waals surface area contributed by atoms with Gasteiger partial charge in [-0.25, -0.2) is 21.6 Å². The summed E-state index contributed by atoms with van der Waals surface area (Å²) in [6.45, 7) is 0.310. The third kappa shape index (κ3) is 3.89. The van der Waals surface area contributed by atoms with Crippen LogP contribution in [0.2, 0.25) is 5.02 Å². The smallest absolute Gasteiger partial charge is 0.257 e. The van der Waals surface area contributed by atoms with Gasteiger partial charge in [0.25, 0.3) is 5.91 Å². The lowest BCUT2D eigenvalue weighted by atomic mass is 10.1. The van der Waals surface area contributed by atoms with E-state index in [9.17, 15) is 26.4 Å². The van der Waals surface area contributed by atoms with Crippen molar-refractivity contribution in [3.05, 3.63) is 58.4 Å². The second kappa shape index (κ2) is 7.40. The van der Waals surface area contributed by atoms with Crippen LogP contribution in [0, 0.1) is 17.5 Å². The number of anilines is 2. The summed E-state index contributed by atoms with van der Waals surface area (Å²) < 4.78 is 65.4. The van der Waals surface area contributed by atoms with Gasteiger partial charge >= 0.3 is 0 Å². The molecular formula is C17H14ClF3N2O3S. The molecule has 0 spiro atoms. The van der Waals surface area contributed by atoms with Crippen molar-refractivity contribution < 1.29 is 26.4 Å². The summed E-state index contributed by atoms with van der Waals surface area (Å²) in [5.74, 6) is -5.43. The first kappa shape index (κ1) is 19.5. The summed E-state index contributed by atoms with van der Waals surface area (Å²) >= 11 is 6.09. The van der Waals surface area contributed by atoms with Crippen LogP contribution in [0.4, 0.5) is 24.5 Å². The van der Waals surface area contributed by atoms with E-state index in [0.717, 1.165) is 6.07 Å². The normalized spacial score (nSPS) is 16.2. The van der Waals surface area contributed by atoms with Gasteiger partial charge < -0.3 is 5.32 Å². The first-order valence-corrected chi connectivity index (χ1v) is 9.94. The van der Waals surface area contributed by atoms with Crippen molar-refractivity contribution in [2.24, 2.45) is 0 Å². The molecular weight excluding hydrogens is 405 g/mol. The van der Waals surface area contributed by atoms with Crippen molar-refractivity contribution in [1.82, 2.24) is 0 Å². The molecule has 1 aliphatic rings.